The van der Waals surface area contributed by atoms with Crippen LogP contribution < -0.4 is 10.6 Å². The number of hydrogen-bond donors (Lipinski definition) is 2. The van der Waals surface area contributed by atoms with Gasteiger partial charge in [-0.3, -0.25) is 0 Å². The lowest BCUT2D eigenvalue weighted by atomic mass is 10.1. The van der Waals surface area contributed by atoms with Gasteiger partial charge in [-0.1, -0.05) is 20.8 Å². The first-order valence-electron chi connectivity index (χ1n) is 6.06. The first-order valence-corrected chi connectivity index (χ1v) is 6.06. The van der Waals surface area contributed by atoms with Gasteiger partial charge in [-0.15, -0.1) is 0 Å². The molecule has 0 spiro atoms. The highest BCUT2D eigenvalue weighted by atomic mass is 14.9. The lowest BCUT2D eigenvalue weighted by Crippen LogP contribution is -2.26. The molecule has 0 bridgehead atoms. The van der Waals surface area contributed by atoms with Gasteiger partial charge in [0.15, 0.2) is 0 Å². The molecule has 0 radical (unpaired) electrons. The van der Waals surface area contributed by atoms with Crippen molar-refractivity contribution in [2.24, 2.45) is 5.41 Å². The standard InChI is InChI=1S/C12H26N2/c1-11(2)14-9-5-4-8-13-10-12(3)6-7-12/h11,13-14H,4-10H2,1-3H3. The maximum Gasteiger partial charge on any atom is 0.00103 e. The van der Waals surface area contributed by atoms with Crippen molar-refractivity contribution in [1.82, 2.24) is 10.6 Å². The maximum atomic E-state index is 3.55. The van der Waals surface area contributed by atoms with E-state index in [1.54, 1.807) is 0 Å². The molecule has 1 fully saturated rings. The third-order valence-electron chi connectivity index (χ3n) is 2.99. The maximum absolute atomic E-state index is 3.55. The molecule has 0 saturated heterocycles. The van der Waals surface area contributed by atoms with Crippen LogP contribution in [0.25, 0.3) is 0 Å². The van der Waals surface area contributed by atoms with Crippen molar-refractivity contribution < 1.29 is 0 Å². The molecule has 2 N–H and O–H groups in total. The average molecular weight is 198 g/mol. The van der Waals surface area contributed by atoms with E-state index < -0.39 is 0 Å². The summed E-state index contributed by atoms with van der Waals surface area (Å²) in [7, 11) is 0. The summed E-state index contributed by atoms with van der Waals surface area (Å²) in [6.07, 6.45) is 5.45. The summed E-state index contributed by atoms with van der Waals surface area (Å²) in [6, 6.07) is 0.633. The second kappa shape index (κ2) is 5.72. The van der Waals surface area contributed by atoms with E-state index in [-0.39, 0.29) is 0 Å². The molecule has 1 aliphatic rings. The molecule has 0 heterocycles. The first-order chi connectivity index (χ1) is 6.62. The zero-order valence-electron chi connectivity index (χ0n) is 10.0. The van der Waals surface area contributed by atoms with Crippen molar-refractivity contribution >= 4 is 0 Å². The van der Waals surface area contributed by atoms with E-state index in [0.717, 1.165) is 6.54 Å². The molecule has 1 aliphatic carbocycles. The fourth-order valence-electron chi connectivity index (χ4n) is 1.55. The van der Waals surface area contributed by atoms with Crippen molar-refractivity contribution in [2.45, 2.75) is 52.5 Å². The van der Waals surface area contributed by atoms with Gasteiger partial charge in [0.2, 0.25) is 0 Å². The van der Waals surface area contributed by atoms with Crippen LogP contribution in [0.1, 0.15) is 46.5 Å². The Labute approximate surface area is 88.8 Å². The topological polar surface area (TPSA) is 24.1 Å². The Morgan fingerprint density at radius 2 is 1.79 bits per heavy atom. The molecule has 0 aromatic carbocycles. The third kappa shape index (κ3) is 5.61. The summed E-state index contributed by atoms with van der Waals surface area (Å²) in [6.45, 7) is 10.4. The van der Waals surface area contributed by atoms with Crippen molar-refractivity contribution in [2.75, 3.05) is 19.6 Å². The fraction of sp³-hybridized carbons (Fsp3) is 1.00. The zero-order valence-corrected chi connectivity index (χ0v) is 10.0. The highest BCUT2D eigenvalue weighted by molar-refractivity contribution is 4.90. The molecular weight excluding hydrogens is 172 g/mol. The predicted octanol–water partition coefficient (Wildman–Crippen LogP) is 2.15. The summed E-state index contributed by atoms with van der Waals surface area (Å²) in [5.74, 6) is 0. The quantitative estimate of drug-likeness (QED) is 0.584. The third-order valence-corrected chi connectivity index (χ3v) is 2.99. The summed E-state index contributed by atoms with van der Waals surface area (Å²) in [4.78, 5) is 0. The second-order valence-electron chi connectivity index (χ2n) is 5.30. The van der Waals surface area contributed by atoms with E-state index >= 15 is 0 Å². The van der Waals surface area contributed by atoms with Crippen LogP contribution in [0.15, 0.2) is 0 Å². The molecule has 2 nitrogen and oxygen atoms in total. The van der Waals surface area contributed by atoms with Crippen LogP contribution in [0, 0.1) is 5.41 Å². The lowest BCUT2D eigenvalue weighted by Gasteiger charge is -2.10. The molecule has 14 heavy (non-hydrogen) atoms. The van der Waals surface area contributed by atoms with Crippen molar-refractivity contribution in [3.8, 4) is 0 Å². The van der Waals surface area contributed by atoms with Crippen LogP contribution in [0.3, 0.4) is 0 Å². The highest BCUT2D eigenvalue weighted by Gasteiger charge is 2.36. The van der Waals surface area contributed by atoms with Crippen molar-refractivity contribution in [3.05, 3.63) is 0 Å². The lowest BCUT2D eigenvalue weighted by molar-refractivity contribution is 0.482. The minimum absolute atomic E-state index is 0.633. The molecular formula is C12H26N2. The Morgan fingerprint density at radius 3 is 2.36 bits per heavy atom. The Hall–Kier alpha value is -0.0800. The SMILES string of the molecule is CC(C)NCCCCNCC1(C)CC1. The average Bonchev–Trinajstić information content (AvgIpc) is 2.82. The molecule has 0 unspecified atom stereocenters. The molecule has 84 valence electrons. The second-order valence-corrected chi connectivity index (χ2v) is 5.30. The van der Waals surface area contributed by atoms with Crippen LogP contribution in [-0.2, 0) is 0 Å². The van der Waals surface area contributed by atoms with Gasteiger partial charge in [0.1, 0.15) is 0 Å². The summed E-state index contributed by atoms with van der Waals surface area (Å²) >= 11 is 0. The molecule has 2 heteroatoms. The fourth-order valence-corrected chi connectivity index (χ4v) is 1.55. The predicted molar refractivity (Wildman–Crippen MR) is 62.6 cm³/mol. The zero-order chi connectivity index (χ0) is 10.4. The first kappa shape index (κ1) is 12.0. The molecule has 0 amide bonds. The highest BCUT2D eigenvalue weighted by Crippen LogP contribution is 2.43. The van der Waals surface area contributed by atoms with Crippen LogP contribution >= 0.6 is 0 Å². The molecule has 0 atom stereocenters. The van der Waals surface area contributed by atoms with Gasteiger partial charge in [-0.25, -0.2) is 0 Å². The van der Waals surface area contributed by atoms with Crippen molar-refractivity contribution in [1.29, 1.82) is 0 Å². The van der Waals surface area contributed by atoms with E-state index in [0.29, 0.717) is 11.5 Å². The van der Waals surface area contributed by atoms with Crippen LogP contribution in [0.4, 0.5) is 0 Å². The number of nitrogens with one attached hydrogen (secondary N) is 2. The van der Waals surface area contributed by atoms with E-state index in [9.17, 15) is 0 Å². The molecule has 0 aliphatic heterocycles. The summed E-state index contributed by atoms with van der Waals surface area (Å²) in [5, 5.41) is 6.99. The van der Waals surface area contributed by atoms with Gasteiger partial charge in [-0.05, 0) is 44.2 Å². The Bertz CT molecular complexity index is 150. The minimum Gasteiger partial charge on any atom is -0.316 e. The van der Waals surface area contributed by atoms with Crippen LogP contribution in [0.2, 0.25) is 0 Å². The van der Waals surface area contributed by atoms with Gasteiger partial charge in [0, 0.05) is 12.6 Å². The summed E-state index contributed by atoms with van der Waals surface area (Å²) < 4.78 is 0. The van der Waals surface area contributed by atoms with Gasteiger partial charge >= 0.3 is 0 Å². The summed E-state index contributed by atoms with van der Waals surface area (Å²) in [5.41, 5.74) is 0.663. The normalized spacial score (nSPS) is 18.9. The Morgan fingerprint density at radius 1 is 1.14 bits per heavy atom. The van der Waals surface area contributed by atoms with Gasteiger partial charge in [0.05, 0.1) is 0 Å². The molecule has 1 saturated carbocycles. The smallest absolute Gasteiger partial charge is 0.00103 e. The van der Waals surface area contributed by atoms with E-state index in [2.05, 4.69) is 31.4 Å². The van der Waals surface area contributed by atoms with Gasteiger partial charge < -0.3 is 10.6 Å². The molecule has 1 rings (SSSR count). The van der Waals surface area contributed by atoms with Gasteiger partial charge in [0.25, 0.3) is 0 Å². The number of unbranched alkanes of at least 4 members (excludes halogenated alkanes) is 1. The number of hydrogen-bond acceptors (Lipinski definition) is 2. The van der Waals surface area contributed by atoms with E-state index in [4.69, 9.17) is 0 Å². The van der Waals surface area contributed by atoms with E-state index in [1.807, 2.05) is 0 Å². The monoisotopic (exact) mass is 198 g/mol. The Kier molecular flexibility index (Phi) is 4.90. The van der Waals surface area contributed by atoms with Crippen LogP contribution in [-0.4, -0.2) is 25.7 Å². The van der Waals surface area contributed by atoms with Crippen molar-refractivity contribution in [3.63, 3.8) is 0 Å². The van der Waals surface area contributed by atoms with Gasteiger partial charge in [-0.2, -0.15) is 0 Å². The number of rotatable bonds is 8. The molecule has 0 aromatic rings. The molecule has 0 aromatic heterocycles. The Balaban J connectivity index is 1.76. The van der Waals surface area contributed by atoms with E-state index in [1.165, 1.54) is 38.8 Å². The largest absolute Gasteiger partial charge is 0.316 e. The van der Waals surface area contributed by atoms with Crippen LogP contribution in [0.5, 0.6) is 0 Å². The minimum atomic E-state index is 0.633.